The normalized spacial score (nSPS) is 15.9. The van der Waals surface area contributed by atoms with E-state index in [1.807, 2.05) is 54.6 Å². The van der Waals surface area contributed by atoms with Gasteiger partial charge in [-0.05, 0) is 29.7 Å². The van der Waals surface area contributed by atoms with Crippen molar-refractivity contribution in [2.24, 2.45) is 0 Å². The summed E-state index contributed by atoms with van der Waals surface area (Å²) in [6, 6.07) is 21.0. The van der Waals surface area contributed by atoms with E-state index in [1.165, 1.54) is 0 Å². The van der Waals surface area contributed by atoms with Gasteiger partial charge < -0.3 is 14.8 Å². The number of nitrogens with one attached hydrogen (secondary N) is 1. The number of carbonyl (C=O) groups is 1. The molecule has 0 aliphatic carbocycles. The van der Waals surface area contributed by atoms with E-state index in [0.29, 0.717) is 17.9 Å². The molecule has 0 aromatic heterocycles. The monoisotopic (exact) mass is 319 g/mol. The van der Waals surface area contributed by atoms with E-state index in [9.17, 15) is 4.79 Å². The first kappa shape index (κ1) is 14.7. The van der Waals surface area contributed by atoms with Crippen molar-refractivity contribution in [3.05, 3.63) is 72.3 Å². The summed E-state index contributed by atoms with van der Waals surface area (Å²) < 4.78 is 10.8. The molecular weight excluding hydrogens is 302 g/mol. The van der Waals surface area contributed by atoms with Crippen LogP contribution in [0.5, 0.6) is 5.75 Å². The first-order chi connectivity index (χ1) is 11.8. The molecule has 4 heteroatoms. The highest BCUT2D eigenvalue weighted by Gasteiger charge is 2.23. The highest BCUT2D eigenvalue weighted by molar-refractivity contribution is 6.09. The fraction of sp³-hybridized carbons (Fsp3) is 0.150. The quantitative estimate of drug-likeness (QED) is 0.726. The Hall–Kier alpha value is -2.85. The molecule has 4 nitrogen and oxygen atoms in total. The van der Waals surface area contributed by atoms with E-state index in [4.69, 9.17) is 9.47 Å². The number of amides is 1. The van der Waals surface area contributed by atoms with Gasteiger partial charge in [0.2, 0.25) is 0 Å². The Morgan fingerprint density at radius 1 is 1.08 bits per heavy atom. The van der Waals surface area contributed by atoms with Crippen molar-refractivity contribution >= 4 is 22.4 Å². The van der Waals surface area contributed by atoms with Crippen LogP contribution in [0.25, 0.3) is 10.8 Å². The molecule has 0 radical (unpaired) electrons. The average molecular weight is 319 g/mol. The third-order valence-corrected chi connectivity index (χ3v) is 3.97. The van der Waals surface area contributed by atoms with Gasteiger partial charge in [0.1, 0.15) is 18.5 Å². The molecule has 1 aliphatic rings. The lowest BCUT2D eigenvalue weighted by atomic mass is 10.1. The topological polar surface area (TPSA) is 50.9 Å². The first-order valence-electron chi connectivity index (χ1n) is 7.93. The van der Waals surface area contributed by atoms with Crippen molar-refractivity contribution in [3.63, 3.8) is 0 Å². The standard InChI is InChI=1S/C20H17NO3/c22-20(15-7-3-8-16(11-15)23-12-17-13-24-17)21-19-10-4-6-14-5-1-2-9-18(14)19/h1-11,17H,12-13H2,(H,21,22). The van der Waals surface area contributed by atoms with E-state index in [-0.39, 0.29) is 12.0 Å². The van der Waals surface area contributed by atoms with Crippen molar-refractivity contribution in [3.8, 4) is 5.75 Å². The van der Waals surface area contributed by atoms with Gasteiger partial charge in [-0.2, -0.15) is 0 Å². The highest BCUT2D eigenvalue weighted by Crippen LogP contribution is 2.24. The van der Waals surface area contributed by atoms with E-state index < -0.39 is 0 Å². The van der Waals surface area contributed by atoms with E-state index >= 15 is 0 Å². The molecule has 3 aromatic rings. The van der Waals surface area contributed by atoms with E-state index in [0.717, 1.165) is 23.1 Å². The van der Waals surface area contributed by atoms with Crippen molar-refractivity contribution in [2.75, 3.05) is 18.5 Å². The number of anilines is 1. The zero-order chi connectivity index (χ0) is 16.4. The van der Waals surface area contributed by atoms with Crippen LogP contribution in [-0.4, -0.2) is 25.2 Å². The Kier molecular flexibility index (Phi) is 3.89. The number of epoxide rings is 1. The Bertz CT molecular complexity index is 881. The minimum absolute atomic E-state index is 0.153. The summed E-state index contributed by atoms with van der Waals surface area (Å²) in [5.74, 6) is 0.524. The van der Waals surface area contributed by atoms with Crippen molar-refractivity contribution < 1.29 is 14.3 Å². The minimum Gasteiger partial charge on any atom is -0.491 e. The molecule has 0 bridgehead atoms. The Morgan fingerprint density at radius 3 is 2.75 bits per heavy atom. The molecule has 1 unspecified atom stereocenters. The molecule has 1 heterocycles. The lowest BCUT2D eigenvalue weighted by Crippen LogP contribution is -2.12. The van der Waals surface area contributed by atoms with Crippen LogP contribution in [0.15, 0.2) is 66.7 Å². The Labute approximate surface area is 140 Å². The lowest BCUT2D eigenvalue weighted by molar-refractivity contribution is 0.102. The number of hydrogen-bond acceptors (Lipinski definition) is 3. The molecule has 0 spiro atoms. The molecule has 24 heavy (non-hydrogen) atoms. The van der Waals surface area contributed by atoms with Gasteiger partial charge in [0, 0.05) is 16.6 Å². The summed E-state index contributed by atoms with van der Waals surface area (Å²) in [7, 11) is 0. The molecule has 1 fully saturated rings. The molecule has 3 aromatic carbocycles. The van der Waals surface area contributed by atoms with E-state index in [1.54, 1.807) is 12.1 Å². The number of ether oxygens (including phenoxy) is 2. The summed E-state index contributed by atoms with van der Waals surface area (Å²) in [6.45, 7) is 1.27. The van der Waals surface area contributed by atoms with Gasteiger partial charge in [-0.25, -0.2) is 0 Å². The van der Waals surface area contributed by atoms with Gasteiger partial charge >= 0.3 is 0 Å². The molecule has 120 valence electrons. The van der Waals surface area contributed by atoms with Gasteiger partial charge in [0.15, 0.2) is 0 Å². The largest absolute Gasteiger partial charge is 0.491 e. The average Bonchev–Trinajstić information content (AvgIpc) is 3.45. The molecule has 0 saturated carbocycles. The maximum absolute atomic E-state index is 12.6. The van der Waals surface area contributed by atoms with Crippen LogP contribution in [-0.2, 0) is 4.74 Å². The van der Waals surface area contributed by atoms with Gasteiger partial charge in [0.25, 0.3) is 5.91 Å². The zero-order valence-corrected chi connectivity index (χ0v) is 13.1. The summed E-state index contributed by atoms with van der Waals surface area (Å²) >= 11 is 0. The summed E-state index contributed by atoms with van der Waals surface area (Å²) in [5, 5.41) is 5.10. The number of fused-ring (bicyclic) bond motifs is 1. The van der Waals surface area contributed by atoms with Gasteiger partial charge in [-0.1, -0.05) is 42.5 Å². The zero-order valence-electron chi connectivity index (χ0n) is 13.1. The highest BCUT2D eigenvalue weighted by atomic mass is 16.6. The molecule has 1 aliphatic heterocycles. The predicted octanol–water partition coefficient (Wildman–Crippen LogP) is 3.87. The second-order valence-corrected chi connectivity index (χ2v) is 5.78. The predicted molar refractivity (Wildman–Crippen MR) is 93.6 cm³/mol. The molecule has 4 rings (SSSR count). The maximum Gasteiger partial charge on any atom is 0.255 e. The van der Waals surface area contributed by atoms with E-state index in [2.05, 4.69) is 5.32 Å². The maximum atomic E-state index is 12.6. The second kappa shape index (κ2) is 6.34. The number of benzene rings is 3. The van der Waals surface area contributed by atoms with Crippen LogP contribution < -0.4 is 10.1 Å². The van der Waals surface area contributed by atoms with Crippen molar-refractivity contribution in [2.45, 2.75) is 6.10 Å². The van der Waals surface area contributed by atoms with Crippen LogP contribution in [0.1, 0.15) is 10.4 Å². The van der Waals surface area contributed by atoms with Gasteiger partial charge in [0.05, 0.1) is 6.61 Å². The third kappa shape index (κ3) is 3.24. The van der Waals surface area contributed by atoms with Gasteiger partial charge in [-0.15, -0.1) is 0 Å². The van der Waals surface area contributed by atoms with Gasteiger partial charge in [-0.3, -0.25) is 4.79 Å². The third-order valence-electron chi connectivity index (χ3n) is 3.97. The molecule has 1 atom stereocenters. The van der Waals surface area contributed by atoms with Crippen LogP contribution in [0.2, 0.25) is 0 Å². The molecular formula is C20H17NO3. The number of carbonyl (C=O) groups excluding carboxylic acids is 1. The summed E-state index contributed by atoms with van der Waals surface area (Å²) in [6.07, 6.45) is 0.193. The molecule has 1 N–H and O–H groups in total. The summed E-state index contributed by atoms with van der Waals surface area (Å²) in [5.41, 5.74) is 1.37. The molecule has 1 saturated heterocycles. The van der Waals surface area contributed by atoms with Crippen molar-refractivity contribution in [1.82, 2.24) is 0 Å². The smallest absolute Gasteiger partial charge is 0.255 e. The molecule has 1 amide bonds. The minimum atomic E-state index is -0.153. The number of hydrogen-bond donors (Lipinski definition) is 1. The first-order valence-corrected chi connectivity index (χ1v) is 7.93. The van der Waals surface area contributed by atoms with Crippen LogP contribution in [0.4, 0.5) is 5.69 Å². The fourth-order valence-corrected chi connectivity index (χ4v) is 2.61. The Morgan fingerprint density at radius 2 is 1.88 bits per heavy atom. The Balaban J connectivity index is 1.53. The second-order valence-electron chi connectivity index (χ2n) is 5.78. The van der Waals surface area contributed by atoms with Crippen LogP contribution >= 0.6 is 0 Å². The fourth-order valence-electron chi connectivity index (χ4n) is 2.61. The summed E-state index contributed by atoms with van der Waals surface area (Å²) in [4.78, 5) is 12.6. The van der Waals surface area contributed by atoms with Crippen molar-refractivity contribution in [1.29, 1.82) is 0 Å². The van der Waals surface area contributed by atoms with Crippen LogP contribution in [0.3, 0.4) is 0 Å². The lowest BCUT2D eigenvalue weighted by Gasteiger charge is -2.10. The SMILES string of the molecule is O=C(Nc1cccc2ccccc12)c1cccc(OCC2CO2)c1. The van der Waals surface area contributed by atoms with Crippen LogP contribution in [0, 0.1) is 0 Å². The number of rotatable bonds is 5.